The van der Waals surface area contributed by atoms with E-state index in [4.69, 9.17) is 0 Å². The van der Waals surface area contributed by atoms with E-state index in [1.807, 2.05) is 6.07 Å². The Morgan fingerprint density at radius 1 is 0.938 bits per heavy atom. The minimum Gasteiger partial charge on any atom is -0.464 e. The van der Waals surface area contributed by atoms with Gasteiger partial charge in [0.2, 0.25) is 0 Å². The van der Waals surface area contributed by atoms with Gasteiger partial charge in [0.25, 0.3) is 0 Å². The standard InChI is InChI=1S/C24H26N6O2/c1-32-24(31)21-15-26-22(16-25-21)29-10-12-30(13-11-29)23-19-9-5-8-18(19)20(27-28-23)14-17-6-3-2-4-7-17/h2-4,6-7,15-16H,5,8-14H2,1H3. The van der Waals surface area contributed by atoms with Gasteiger partial charge in [-0.3, -0.25) is 0 Å². The van der Waals surface area contributed by atoms with E-state index < -0.39 is 5.97 Å². The molecule has 8 nitrogen and oxygen atoms in total. The summed E-state index contributed by atoms with van der Waals surface area (Å²) in [5.41, 5.74) is 5.38. The monoisotopic (exact) mass is 430 g/mol. The second kappa shape index (κ2) is 8.90. The summed E-state index contributed by atoms with van der Waals surface area (Å²) in [6.07, 6.45) is 7.27. The number of nitrogens with zero attached hydrogens (tertiary/aromatic N) is 6. The summed E-state index contributed by atoms with van der Waals surface area (Å²) in [5, 5.41) is 9.35. The molecule has 3 heterocycles. The van der Waals surface area contributed by atoms with Gasteiger partial charge in [-0.25, -0.2) is 14.8 Å². The van der Waals surface area contributed by atoms with Crippen molar-refractivity contribution in [2.24, 2.45) is 0 Å². The molecule has 2 aliphatic rings. The first-order valence-electron chi connectivity index (χ1n) is 11.0. The summed E-state index contributed by atoms with van der Waals surface area (Å²) in [4.78, 5) is 24.7. The molecule has 0 unspecified atom stereocenters. The van der Waals surface area contributed by atoms with E-state index >= 15 is 0 Å². The molecule has 5 rings (SSSR count). The first kappa shape index (κ1) is 20.4. The van der Waals surface area contributed by atoms with Crippen LogP contribution in [-0.2, 0) is 24.0 Å². The highest BCUT2D eigenvalue weighted by molar-refractivity contribution is 5.86. The Bertz CT molecular complexity index is 1100. The fraction of sp³-hybridized carbons (Fsp3) is 0.375. The number of methoxy groups -OCH3 is 1. The van der Waals surface area contributed by atoms with Crippen LogP contribution in [0, 0.1) is 0 Å². The first-order chi connectivity index (χ1) is 15.7. The number of piperazine rings is 1. The lowest BCUT2D eigenvalue weighted by Crippen LogP contribution is -2.47. The number of benzene rings is 1. The van der Waals surface area contributed by atoms with E-state index in [9.17, 15) is 4.79 Å². The summed E-state index contributed by atoms with van der Waals surface area (Å²) in [6, 6.07) is 10.5. The highest BCUT2D eigenvalue weighted by Gasteiger charge is 2.27. The maximum Gasteiger partial charge on any atom is 0.358 e. The summed E-state index contributed by atoms with van der Waals surface area (Å²) >= 11 is 0. The molecule has 32 heavy (non-hydrogen) atoms. The summed E-state index contributed by atoms with van der Waals surface area (Å²) in [6.45, 7) is 3.32. The summed E-state index contributed by atoms with van der Waals surface area (Å²) in [7, 11) is 1.34. The zero-order chi connectivity index (χ0) is 21.9. The van der Waals surface area contributed by atoms with Crippen molar-refractivity contribution in [3.63, 3.8) is 0 Å². The van der Waals surface area contributed by atoms with Gasteiger partial charge in [0, 0.05) is 38.2 Å². The van der Waals surface area contributed by atoms with E-state index in [1.54, 1.807) is 6.20 Å². The van der Waals surface area contributed by atoms with Crippen molar-refractivity contribution in [1.29, 1.82) is 0 Å². The van der Waals surface area contributed by atoms with Crippen molar-refractivity contribution in [3.8, 4) is 0 Å². The number of hydrogen-bond donors (Lipinski definition) is 0. The molecule has 0 bridgehead atoms. The number of aromatic nitrogens is 4. The molecule has 164 valence electrons. The Morgan fingerprint density at radius 2 is 1.69 bits per heavy atom. The minimum atomic E-state index is -0.475. The third-order valence-corrected chi connectivity index (χ3v) is 6.25. The highest BCUT2D eigenvalue weighted by Crippen LogP contribution is 2.32. The van der Waals surface area contributed by atoms with Crippen molar-refractivity contribution in [2.45, 2.75) is 25.7 Å². The van der Waals surface area contributed by atoms with E-state index in [1.165, 1.54) is 36.4 Å². The number of fused-ring (bicyclic) bond motifs is 1. The van der Waals surface area contributed by atoms with Crippen LogP contribution in [0.25, 0.3) is 0 Å². The quantitative estimate of drug-likeness (QED) is 0.571. The Morgan fingerprint density at radius 3 is 2.41 bits per heavy atom. The number of carbonyl (C=O) groups excluding carboxylic acids is 1. The number of rotatable bonds is 5. The number of hydrogen-bond acceptors (Lipinski definition) is 8. The number of anilines is 2. The Hall–Kier alpha value is -3.55. The molecule has 0 saturated carbocycles. The average molecular weight is 431 g/mol. The van der Waals surface area contributed by atoms with Crippen molar-refractivity contribution in [3.05, 3.63) is 70.8 Å². The average Bonchev–Trinajstić information content (AvgIpc) is 3.35. The van der Waals surface area contributed by atoms with Crippen LogP contribution in [0.15, 0.2) is 42.7 Å². The molecule has 0 amide bonds. The van der Waals surface area contributed by atoms with Gasteiger partial charge < -0.3 is 14.5 Å². The second-order valence-electron chi connectivity index (χ2n) is 8.17. The van der Waals surface area contributed by atoms with E-state index in [-0.39, 0.29) is 5.69 Å². The van der Waals surface area contributed by atoms with Gasteiger partial charge in [-0.15, -0.1) is 5.10 Å². The molecule has 8 heteroatoms. The predicted molar refractivity (Wildman–Crippen MR) is 121 cm³/mol. The van der Waals surface area contributed by atoms with Gasteiger partial charge in [-0.05, 0) is 30.4 Å². The maximum atomic E-state index is 11.6. The molecule has 1 fully saturated rings. The lowest BCUT2D eigenvalue weighted by Gasteiger charge is -2.36. The van der Waals surface area contributed by atoms with E-state index in [0.717, 1.165) is 62.8 Å². The minimum absolute atomic E-state index is 0.219. The first-order valence-corrected chi connectivity index (χ1v) is 11.0. The highest BCUT2D eigenvalue weighted by atomic mass is 16.5. The Labute approximate surface area is 187 Å². The van der Waals surface area contributed by atoms with Gasteiger partial charge in [0.05, 0.1) is 25.2 Å². The van der Waals surface area contributed by atoms with Crippen molar-refractivity contribution in [1.82, 2.24) is 20.2 Å². The molecule has 2 aromatic heterocycles. The van der Waals surface area contributed by atoms with Gasteiger partial charge in [0.15, 0.2) is 11.5 Å². The molecule has 0 N–H and O–H groups in total. The van der Waals surface area contributed by atoms with E-state index in [0.29, 0.717) is 0 Å². The van der Waals surface area contributed by atoms with Crippen LogP contribution in [-0.4, -0.2) is 59.4 Å². The molecule has 1 aromatic carbocycles. The van der Waals surface area contributed by atoms with Crippen LogP contribution >= 0.6 is 0 Å². The van der Waals surface area contributed by atoms with Crippen LogP contribution in [0.5, 0.6) is 0 Å². The summed E-state index contributed by atoms with van der Waals surface area (Å²) < 4.78 is 4.69. The molecule has 1 saturated heterocycles. The van der Waals surface area contributed by atoms with Gasteiger partial charge in [0.1, 0.15) is 5.82 Å². The molecule has 3 aromatic rings. The normalized spacial score (nSPS) is 15.5. The molecular weight excluding hydrogens is 404 g/mol. The number of carbonyl (C=O) groups is 1. The second-order valence-corrected chi connectivity index (χ2v) is 8.17. The molecule has 0 atom stereocenters. The van der Waals surface area contributed by atoms with Crippen molar-refractivity contribution >= 4 is 17.6 Å². The molecule has 0 radical (unpaired) electrons. The smallest absolute Gasteiger partial charge is 0.358 e. The van der Waals surface area contributed by atoms with Crippen LogP contribution in [0.3, 0.4) is 0 Å². The predicted octanol–water partition coefficient (Wildman–Crippen LogP) is 2.46. The maximum absolute atomic E-state index is 11.6. The van der Waals surface area contributed by atoms with Crippen molar-refractivity contribution < 1.29 is 9.53 Å². The summed E-state index contributed by atoms with van der Waals surface area (Å²) in [5.74, 6) is 1.34. The SMILES string of the molecule is COC(=O)c1cnc(N2CCN(c3nnc(Cc4ccccc4)c4c3CCC4)CC2)cn1. The fourth-order valence-corrected chi connectivity index (χ4v) is 4.56. The lowest BCUT2D eigenvalue weighted by molar-refractivity contribution is 0.0593. The Balaban J connectivity index is 1.29. The number of ether oxygens (including phenoxy) is 1. The topological polar surface area (TPSA) is 84.3 Å². The zero-order valence-corrected chi connectivity index (χ0v) is 18.2. The molecule has 1 aliphatic heterocycles. The molecule has 1 aliphatic carbocycles. The van der Waals surface area contributed by atoms with Gasteiger partial charge in [-0.1, -0.05) is 30.3 Å². The van der Waals surface area contributed by atoms with Crippen LogP contribution in [0.4, 0.5) is 11.6 Å². The number of esters is 1. The third-order valence-electron chi connectivity index (χ3n) is 6.25. The molecular formula is C24H26N6O2. The van der Waals surface area contributed by atoms with Gasteiger partial charge in [-0.2, -0.15) is 5.10 Å². The fourth-order valence-electron chi connectivity index (χ4n) is 4.56. The van der Waals surface area contributed by atoms with Crippen LogP contribution < -0.4 is 9.80 Å². The van der Waals surface area contributed by atoms with E-state index in [2.05, 4.69) is 59.0 Å². The van der Waals surface area contributed by atoms with Gasteiger partial charge >= 0.3 is 5.97 Å². The Kier molecular flexibility index (Phi) is 5.66. The van der Waals surface area contributed by atoms with Crippen molar-refractivity contribution in [2.75, 3.05) is 43.1 Å². The largest absolute Gasteiger partial charge is 0.464 e. The molecule has 0 spiro atoms. The third kappa shape index (κ3) is 4.00. The van der Waals surface area contributed by atoms with Crippen LogP contribution in [0.1, 0.15) is 39.3 Å². The lowest BCUT2D eigenvalue weighted by atomic mass is 10.0. The zero-order valence-electron chi connectivity index (χ0n) is 18.2. The van der Waals surface area contributed by atoms with Crippen LogP contribution in [0.2, 0.25) is 0 Å².